The minimum Gasteiger partial charge on any atom is -0.462 e. The van der Waals surface area contributed by atoms with Crippen LogP contribution in [0.15, 0.2) is 24.3 Å². The summed E-state index contributed by atoms with van der Waals surface area (Å²) in [5.41, 5.74) is 2.80. The number of carbonyl (C=O) groups is 3. The number of benzene rings is 1. The first-order valence-electron chi connectivity index (χ1n) is 8.54. The number of carbonyl (C=O) groups excluding carboxylic acids is 3. The first kappa shape index (κ1) is 17.8. The number of nitrogens with zero attached hydrogens (tertiary/aromatic N) is 3. The molecule has 0 spiro atoms. The van der Waals surface area contributed by atoms with Crippen molar-refractivity contribution in [3.63, 3.8) is 0 Å². The third-order valence-corrected chi connectivity index (χ3v) is 4.60. The Balaban J connectivity index is 1.47. The van der Waals surface area contributed by atoms with Crippen LogP contribution in [-0.4, -0.2) is 45.6 Å². The van der Waals surface area contributed by atoms with E-state index in [-0.39, 0.29) is 18.4 Å². The number of hydrogen-bond acceptors (Lipinski definition) is 5. The highest BCUT2D eigenvalue weighted by atomic mass is 16.5. The fraction of sp³-hybridized carbons (Fsp3) is 0.368. The van der Waals surface area contributed by atoms with E-state index in [1.807, 2.05) is 6.92 Å². The summed E-state index contributed by atoms with van der Waals surface area (Å²) in [5, 5.41) is 4.20. The third-order valence-electron chi connectivity index (χ3n) is 4.60. The predicted octanol–water partition coefficient (Wildman–Crippen LogP) is 2.27. The van der Waals surface area contributed by atoms with Gasteiger partial charge in [0.25, 0.3) is 11.8 Å². The highest BCUT2D eigenvalue weighted by molar-refractivity contribution is 6.21. The Bertz CT molecular complexity index is 850. The topological polar surface area (TPSA) is 81.5 Å². The van der Waals surface area contributed by atoms with Gasteiger partial charge in [0.15, 0.2) is 0 Å². The maximum Gasteiger partial charge on any atom is 0.341 e. The summed E-state index contributed by atoms with van der Waals surface area (Å²) in [4.78, 5) is 37.9. The lowest BCUT2D eigenvalue weighted by molar-refractivity contribution is 0.0484. The summed E-state index contributed by atoms with van der Waals surface area (Å²) >= 11 is 0. The Kier molecular flexibility index (Phi) is 4.88. The first-order chi connectivity index (χ1) is 12.4. The number of esters is 1. The summed E-state index contributed by atoms with van der Waals surface area (Å²) in [7, 11) is 1.78. The lowest BCUT2D eigenvalue weighted by Gasteiger charge is -2.13. The third kappa shape index (κ3) is 3.12. The Morgan fingerprint density at radius 1 is 1.08 bits per heavy atom. The second kappa shape index (κ2) is 7.11. The molecule has 26 heavy (non-hydrogen) atoms. The van der Waals surface area contributed by atoms with E-state index in [4.69, 9.17) is 4.74 Å². The van der Waals surface area contributed by atoms with Crippen molar-refractivity contribution in [3.8, 4) is 0 Å². The van der Waals surface area contributed by atoms with Crippen LogP contribution in [0, 0.1) is 13.8 Å². The van der Waals surface area contributed by atoms with Crippen molar-refractivity contribution in [1.29, 1.82) is 0 Å². The van der Waals surface area contributed by atoms with E-state index >= 15 is 0 Å². The van der Waals surface area contributed by atoms with Crippen LogP contribution in [0.2, 0.25) is 0 Å². The molecule has 1 aliphatic rings. The average Bonchev–Trinajstić information content (AvgIpc) is 3.01. The van der Waals surface area contributed by atoms with Gasteiger partial charge in [-0.3, -0.25) is 19.2 Å². The smallest absolute Gasteiger partial charge is 0.341 e. The number of amides is 2. The normalized spacial score (nSPS) is 13.3. The van der Waals surface area contributed by atoms with Gasteiger partial charge in [-0.05, 0) is 38.8 Å². The van der Waals surface area contributed by atoms with Gasteiger partial charge in [-0.1, -0.05) is 12.1 Å². The number of aromatic nitrogens is 2. The van der Waals surface area contributed by atoms with Crippen LogP contribution in [0.25, 0.3) is 0 Å². The Morgan fingerprint density at radius 3 is 2.23 bits per heavy atom. The molecule has 0 N–H and O–H groups in total. The van der Waals surface area contributed by atoms with Crippen LogP contribution >= 0.6 is 0 Å². The molecule has 2 aromatic rings. The molecule has 136 valence electrons. The summed E-state index contributed by atoms with van der Waals surface area (Å²) in [5.74, 6) is -0.915. The number of hydrogen-bond donors (Lipinski definition) is 0. The van der Waals surface area contributed by atoms with Gasteiger partial charge in [-0.25, -0.2) is 4.79 Å². The zero-order chi connectivity index (χ0) is 18.8. The van der Waals surface area contributed by atoms with E-state index < -0.39 is 5.97 Å². The average molecular weight is 355 g/mol. The molecule has 7 nitrogen and oxygen atoms in total. The molecule has 2 amide bonds. The first-order valence-corrected chi connectivity index (χ1v) is 8.54. The molecule has 3 rings (SSSR count). The zero-order valence-electron chi connectivity index (χ0n) is 15.1. The van der Waals surface area contributed by atoms with E-state index in [0.717, 1.165) is 5.69 Å². The Morgan fingerprint density at radius 2 is 1.69 bits per heavy atom. The van der Waals surface area contributed by atoms with E-state index in [9.17, 15) is 14.4 Å². The SMILES string of the molecule is Cc1nn(C)c(C)c1C(=O)OCCCCN1C(=O)c2ccccc2C1=O. The maximum atomic E-state index is 12.3. The van der Waals surface area contributed by atoms with E-state index in [2.05, 4.69) is 5.10 Å². The standard InChI is InChI=1S/C19H21N3O4/c1-12-16(13(2)21(3)20-12)19(25)26-11-7-6-10-22-17(23)14-8-4-5-9-15(14)18(22)24/h4-5,8-9H,6-7,10-11H2,1-3H3. The molecule has 0 fully saturated rings. The highest BCUT2D eigenvalue weighted by Crippen LogP contribution is 2.22. The second-order valence-corrected chi connectivity index (χ2v) is 6.32. The number of rotatable bonds is 6. The Hall–Kier alpha value is -2.96. The lowest BCUT2D eigenvalue weighted by Crippen LogP contribution is -2.30. The Labute approximate surface area is 151 Å². The molecule has 7 heteroatoms. The van der Waals surface area contributed by atoms with Gasteiger partial charge < -0.3 is 4.74 Å². The lowest BCUT2D eigenvalue weighted by atomic mass is 10.1. The number of ether oxygens (including phenoxy) is 1. The summed E-state index contributed by atoms with van der Waals surface area (Å²) in [6.45, 7) is 4.13. The molecule has 0 saturated heterocycles. The van der Waals surface area contributed by atoms with Gasteiger partial charge in [0.05, 0.1) is 23.4 Å². The minimum absolute atomic E-state index is 0.232. The number of fused-ring (bicyclic) bond motifs is 1. The van der Waals surface area contributed by atoms with Crippen LogP contribution in [0.5, 0.6) is 0 Å². The molecule has 0 aliphatic carbocycles. The summed E-state index contributed by atoms with van der Waals surface area (Å²) < 4.78 is 6.95. The molecule has 1 aliphatic heterocycles. The molecule has 2 heterocycles. The molecule has 0 saturated carbocycles. The predicted molar refractivity (Wildman–Crippen MR) is 94.0 cm³/mol. The second-order valence-electron chi connectivity index (χ2n) is 6.32. The molecular formula is C19H21N3O4. The molecule has 0 radical (unpaired) electrons. The fourth-order valence-corrected chi connectivity index (χ4v) is 3.12. The number of aryl methyl sites for hydroxylation is 2. The van der Waals surface area contributed by atoms with Crippen molar-refractivity contribution in [3.05, 3.63) is 52.3 Å². The van der Waals surface area contributed by atoms with Crippen molar-refractivity contribution in [2.24, 2.45) is 7.05 Å². The van der Waals surface area contributed by atoms with Gasteiger partial charge in [0.2, 0.25) is 0 Å². The largest absolute Gasteiger partial charge is 0.462 e. The van der Waals surface area contributed by atoms with Crippen molar-refractivity contribution in [1.82, 2.24) is 14.7 Å². The van der Waals surface area contributed by atoms with Crippen molar-refractivity contribution < 1.29 is 19.1 Å². The van der Waals surface area contributed by atoms with Gasteiger partial charge in [0, 0.05) is 19.3 Å². The van der Waals surface area contributed by atoms with Gasteiger partial charge in [0.1, 0.15) is 5.56 Å². The van der Waals surface area contributed by atoms with E-state index in [0.29, 0.717) is 41.8 Å². The van der Waals surface area contributed by atoms with Crippen molar-refractivity contribution in [2.45, 2.75) is 26.7 Å². The monoisotopic (exact) mass is 355 g/mol. The minimum atomic E-state index is -0.395. The summed E-state index contributed by atoms with van der Waals surface area (Å²) in [6, 6.07) is 6.82. The van der Waals surface area contributed by atoms with E-state index in [1.54, 1.807) is 42.9 Å². The van der Waals surface area contributed by atoms with Gasteiger partial charge in [-0.15, -0.1) is 0 Å². The van der Waals surface area contributed by atoms with Crippen molar-refractivity contribution in [2.75, 3.05) is 13.2 Å². The van der Waals surface area contributed by atoms with E-state index in [1.165, 1.54) is 4.90 Å². The fourth-order valence-electron chi connectivity index (χ4n) is 3.12. The van der Waals surface area contributed by atoms with Crippen LogP contribution in [0.1, 0.15) is 55.3 Å². The molecule has 0 atom stereocenters. The van der Waals surface area contributed by atoms with Crippen molar-refractivity contribution >= 4 is 17.8 Å². The number of imide groups is 1. The zero-order valence-corrected chi connectivity index (χ0v) is 15.1. The molecule has 1 aromatic carbocycles. The molecule has 1 aromatic heterocycles. The van der Waals surface area contributed by atoms with Crippen LogP contribution in [-0.2, 0) is 11.8 Å². The summed E-state index contributed by atoms with van der Waals surface area (Å²) in [6.07, 6.45) is 1.14. The molecule has 0 bridgehead atoms. The van der Waals surface area contributed by atoms with Gasteiger partial charge in [-0.2, -0.15) is 5.10 Å². The molecule has 0 unspecified atom stereocenters. The quantitative estimate of drug-likeness (QED) is 0.451. The molecular weight excluding hydrogens is 334 g/mol. The van der Waals surface area contributed by atoms with Crippen LogP contribution < -0.4 is 0 Å². The van der Waals surface area contributed by atoms with Crippen LogP contribution in [0.3, 0.4) is 0 Å². The van der Waals surface area contributed by atoms with Crippen LogP contribution in [0.4, 0.5) is 0 Å². The van der Waals surface area contributed by atoms with Gasteiger partial charge >= 0.3 is 5.97 Å². The highest BCUT2D eigenvalue weighted by Gasteiger charge is 2.34. The number of unbranched alkanes of at least 4 members (excludes halogenated alkanes) is 1. The maximum absolute atomic E-state index is 12.3.